The van der Waals surface area contributed by atoms with Gasteiger partial charge in [0.2, 0.25) is 5.91 Å². The Kier molecular flexibility index (Phi) is 4.32. The van der Waals surface area contributed by atoms with Crippen LogP contribution in [-0.2, 0) is 4.79 Å². The topological polar surface area (TPSA) is 46.3 Å². The van der Waals surface area contributed by atoms with E-state index in [4.69, 9.17) is 5.73 Å². The number of hydrogen-bond donors (Lipinski definition) is 1. The molecule has 0 bridgehead atoms. The van der Waals surface area contributed by atoms with E-state index in [-0.39, 0.29) is 12.0 Å². The number of nitrogens with two attached hydrogens (primary N) is 1. The van der Waals surface area contributed by atoms with E-state index < -0.39 is 24.9 Å². The van der Waals surface area contributed by atoms with Gasteiger partial charge in [0.05, 0.1) is 6.42 Å². The van der Waals surface area contributed by atoms with Crippen molar-refractivity contribution in [3.05, 3.63) is 35.9 Å². The minimum atomic E-state index is -4.30. The highest BCUT2D eigenvalue weighted by atomic mass is 19.4. The third kappa shape index (κ3) is 3.72. The third-order valence-corrected chi connectivity index (χ3v) is 3.57. The fourth-order valence-electron chi connectivity index (χ4n) is 2.49. The number of halogens is 3. The summed E-state index contributed by atoms with van der Waals surface area (Å²) in [5.41, 5.74) is 7.02. The Balaban J connectivity index is 1.95. The summed E-state index contributed by atoms with van der Waals surface area (Å²) in [5.74, 6) is -0.484. The van der Waals surface area contributed by atoms with Crippen LogP contribution >= 0.6 is 0 Å². The summed E-state index contributed by atoms with van der Waals surface area (Å²) in [7, 11) is 0. The quantitative estimate of drug-likeness (QED) is 0.926. The first-order valence-corrected chi connectivity index (χ1v) is 6.52. The van der Waals surface area contributed by atoms with Crippen molar-refractivity contribution in [2.45, 2.75) is 31.0 Å². The zero-order valence-corrected chi connectivity index (χ0v) is 10.9. The average Bonchev–Trinajstić information content (AvgIpc) is 2.78. The number of carbonyl (C=O) groups is 1. The molecule has 0 aliphatic carbocycles. The molecule has 1 aliphatic rings. The molecule has 0 radical (unpaired) electrons. The highest BCUT2D eigenvalue weighted by molar-refractivity contribution is 5.76. The molecule has 20 heavy (non-hydrogen) atoms. The molecule has 110 valence electrons. The predicted molar refractivity (Wildman–Crippen MR) is 69.0 cm³/mol. The molecule has 1 aliphatic heterocycles. The highest BCUT2D eigenvalue weighted by Gasteiger charge is 2.35. The predicted octanol–water partition coefficient (Wildman–Crippen LogP) is 2.28. The van der Waals surface area contributed by atoms with Gasteiger partial charge in [0, 0.05) is 31.5 Å². The molecule has 1 amide bonds. The van der Waals surface area contributed by atoms with Gasteiger partial charge >= 0.3 is 6.18 Å². The summed E-state index contributed by atoms with van der Waals surface area (Å²) in [4.78, 5) is 13.2. The normalized spacial score (nSPS) is 23.1. The first-order chi connectivity index (χ1) is 9.37. The Morgan fingerprint density at radius 3 is 2.50 bits per heavy atom. The number of rotatable bonds is 3. The van der Waals surface area contributed by atoms with E-state index in [0.717, 1.165) is 5.56 Å². The van der Waals surface area contributed by atoms with E-state index in [1.807, 2.05) is 30.3 Å². The summed E-state index contributed by atoms with van der Waals surface area (Å²) in [6.07, 6.45) is -5.87. The van der Waals surface area contributed by atoms with E-state index in [1.54, 1.807) is 0 Å². The molecule has 0 spiro atoms. The van der Waals surface area contributed by atoms with E-state index >= 15 is 0 Å². The first kappa shape index (κ1) is 14.8. The van der Waals surface area contributed by atoms with E-state index in [1.165, 1.54) is 4.90 Å². The second kappa shape index (κ2) is 5.83. The fraction of sp³-hybridized carbons (Fsp3) is 0.500. The lowest BCUT2D eigenvalue weighted by Gasteiger charge is -2.17. The van der Waals surface area contributed by atoms with Gasteiger partial charge in [0.25, 0.3) is 0 Å². The molecule has 2 atom stereocenters. The molecule has 0 unspecified atom stereocenters. The molecule has 1 fully saturated rings. The third-order valence-electron chi connectivity index (χ3n) is 3.57. The second-order valence-electron chi connectivity index (χ2n) is 5.09. The van der Waals surface area contributed by atoms with Gasteiger partial charge in [0.15, 0.2) is 0 Å². The van der Waals surface area contributed by atoms with Crippen molar-refractivity contribution in [3.63, 3.8) is 0 Å². The van der Waals surface area contributed by atoms with Crippen LogP contribution in [0.2, 0.25) is 0 Å². The number of alkyl halides is 3. The monoisotopic (exact) mass is 286 g/mol. The largest absolute Gasteiger partial charge is 0.389 e. The van der Waals surface area contributed by atoms with Crippen molar-refractivity contribution in [2.24, 2.45) is 5.73 Å². The molecule has 0 saturated carbocycles. The summed E-state index contributed by atoms with van der Waals surface area (Å²) in [5, 5.41) is 0. The molecule has 0 aromatic heterocycles. The van der Waals surface area contributed by atoms with Crippen LogP contribution in [0.25, 0.3) is 0 Å². The van der Waals surface area contributed by atoms with Crippen molar-refractivity contribution < 1.29 is 18.0 Å². The summed E-state index contributed by atoms with van der Waals surface area (Å²) < 4.78 is 36.4. The maximum Gasteiger partial charge on any atom is 0.389 e. The minimum absolute atomic E-state index is 0.00830. The van der Waals surface area contributed by atoms with E-state index in [9.17, 15) is 18.0 Å². The lowest BCUT2D eigenvalue weighted by atomic mass is 9.95. The molecule has 2 rings (SSSR count). The number of nitrogens with zero attached hydrogens (tertiary/aromatic N) is 1. The molecular formula is C14H17F3N2O. The SMILES string of the molecule is N[C@H]1CN(C(=O)CCC(F)(F)F)C[C@@H]1c1ccccc1. The Hall–Kier alpha value is -1.56. The van der Waals surface area contributed by atoms with E-state index in [0.29, 0.717) is 13.1 Å². The fourth-order valence-corrected chi connectivity index (χ4v) is 2.49. The van der Waals surface area contributed by atoms with Crippen LogP contribution < -0.4 is 5.73 Å². The van der Waals surface area contributed by atoms with E-state index in [2.05, 4.69) is 0 Å². The molecule has 1 aromatic rings. The first-order valence-electron chi connectivity index (χ1n) is 6.52. The Bertz CT molecular complexity index is 461. The summed E-state index contributed by atoms with van der Waals surface area (Å²) in [6, 6.07) is 9.28. The molecule has 6 heteroatoms. The molecule has 1 aromatic carbocycles. The van der Waals surface area contributed by atoms with Crippen LogP contribution in [0.5, 0.6) is 0 Å². The average molecular weight is 286 g/mol. The van der Waals surface area contributed by atoms with Gasteiger partial charge in [-0.1, -0.05) is 30.3 Å². The van der Waals surface area contributed by atoms with Crippen LogP contribution in [0.4, 0.5) is 13.2 Å². The smallest absolute Gasteiger partial charge is 0.340 e. The van der Waals surface area contributed by atoms with Gasteiger partial charge in [-0.25, -0.2) is 0 Å². The van der Waals surface area contributed by atoms with Crippen LogP contribution in [0.15, 0.2) is 30.3 Å². The highest BCUT2D eigenvalue weighted by Crippen LogP contribution is 2.28. The van der Waals surface area contributed by atoms with Gasteiger partial charge in [0.1, 0.15) is 0 Å². The van der Waals surface area contributed by atoms with Gasteiger partial charge in [-0.05, 0) is 5.56 Å². The van der Waals surface area contributed by atoms with Crippen molar-refractivity contribution in [3.8, 4) is 0 Å². The van der Waals surface area contributed by atoms with Gasteiger partial charge in [-0.2, -0.15) is 13.2 Å². The summed E-state index contributed by atoms with van der Waals surface area (Å²) in [6.45, 7) is 0.706. The van der Waals surface area contributed by atoms with Crippen molar-refractivity contribution >= 4 is 5.91 Å². The van der Waals surface area contributed by atoms with Gasteiger partial charge in [-0.3, -0.25) is 4.79 Å². The number of likely N-dealkylation sites (tertiary alicyclic amines) is 1. The lowest BCUT2D eigenvalue weighted by Crippen LogP contribution is -2.32. The molecule has 1 saturated heterocycles. The Labute approximate surface area is 115 Å². The molecule has 1 heterocycles. The number of benzene rings is 1. The van der Waals surface area contributed by atoms with Crippen molar-refractivity contribution in [1.82, 2.24) is 4.90 Å². The minimum Gasteiger partial charge on any atom is -0.340 e. The molecule has 2 N–H and O–H groups in total. The second-order valence-corrected chi connectivity index (χ2v) is 5.09. The summed E-state index contributed by atoms with van der Waals surface area (Å²) >= 11 is 0. The van der Waals surface area contributed by atoms with Crippen LogP contribution in [-0.4, -0.2) is 36.1 Å². The van der Waals surface area contributed by atoms with Crippen molar-refractivity contribution in [1.29, 1.82) is 0 Å². The van der Waals surface area contributed by atoms with Crippen LogP contribution in [0.1, 0.15) is 24.3 Å². The Morgan fingerprint density at radius 2 is 1.90 bits per heavy atom. The lowest BCUT2D eigenvalue weighted by molar-refractivity contribution is -0.148. The zero-order chi connectivity index (χ0) is 14.8. The standard InChI is InChI=1S/C14H17F3N2O/c15-14(16,17)7-6-13(20)19-8-11(12(18)9-19)10-4-2-1-3-5-10/h1-5,11-12H,6-9,18H2/t11-,12+/m1/s1. The maximum atomic E-state index is 12.1. The number of amides is 1. The maximum absolute atomic E-state index is 12.1. The zero-order valence-electron chi connectivity index (χ0n) is 10.9. The molecular weight excluding hydrogens is 269 g/mol. The van der Waals surface area contributed by atoms with Gasteiger partial charge in [-0.15, -0.1) is 0 Å². The number of carbonyl (C=O) groups excluding carboxylic acids is 1. The van der Waals surface area contributed by atoms with Crippen LogP contribution in [0.3, 0.4) is 0 Å². The van der Waals surface area contributed by atoms with Gasteiger partial charge < -0.3 is 10.6 Å². The van der Waals surface area contributed by atoms with Crippen LogP contribution in [0, 0.1) is 0 Å². The Morgan fingerprint density at radius 1 is 1.25 bits per heavy atom. The van der Waals surface area contributed by atoms with Crippen molar-refractivity contribution in [2.75, 3.05) is 13.1 Å². The molecule has 3 nitrogen and oxygen atoms in total. The number of hydrogen-bond acceptors (Lipinski definition) is 2.